The second-order valence-corrected chi connectivity index (χ2v) is 11.0. The quantitative estimate of drug-likeness (QED) is 0.351. The van der Waals surface area contributed by atoms with Crippen molar-refractivity contribution in [3.63, 3.8) is 0 Å². The minimum atomic E-state index is -1.13. The highest BCUT2D eigenvalue weighted by atomic mass is 28.3. The van der Waals surface area contributed by atoms with Gasteiger partial charge in [-0.1, -0.05) is 45.0 Å². The maximum Gasteiger partial charge on any atom is 0.292 e. The molecule has 1 atom stereocenters. The molecule has 0 spiro atoms. The number of carbonyl (C=O) groups is 1. The molecule has 2 rings (SSSR count). The Balaban J connectivity index is 1.95. The number of benzene rings is 2. The Morgan fingerprint density at radius 3 is 2.33 bits per heavy atom. The van der Waals surface area contributed by atoms with E-state index in [0.717, 1.165) is 12.1 Å². The number of para-hydroxylation sites is 2. The molecule has 8 heteroatoms. The molecular formula is C22H31N3O4Si. The van der Waals surface area contributed by atoms with Gasteiger partial charge in [0.15, 0.2) is 9.04 Å². The SMILES string of the molecule is C[SiH](C)OC(CNCc1ccc(C(=O)Nc2ccccc2[N+](=O)[O-])cc1)C(C)(C)C. The number of rotatable bonds is 9. The van der Waals surface area contributed by atoms with Crippen LogP contribution in [-0.2, 0) is 11.0 Å². The molecule has 30 heavy (non-hydrogen) atoms. The van der Waals surface area contributed by atoms with E-state index in [0.29, 0.717) is 12.1 Å². The van der Waals surface area contributed by atoms with E-state index in [1.54, 1.807) is 24.3 Å². The number of nitrogens with zero attached hydrogens (tertiary/aromatic N) is 1. The normalized spacial score (nSPS) is 12.6. The van der Waals surface area contributed by atoms with Gasteiger partial charge in [0.2, 0.25) is 0 Å². The number of nitro benzene ring substituents is 1. The third-order valence-electron chi connectivity index (χ3n) is 4.63. The zero-order valence-electron chi connectivity index (χ0n) is 18.3. The van der Waals surface area contributed by atoms with E-state index in [1.807, 2.05) is 12.1 Å². The second kappa shape index (κ2) is 10.5. The third-order valence-corrected chi connectivity index (χ3v) is 5.50. The van der Waals surface area contributed by atoms with Gasteiger partial charge in [0, 0.05) is 24.7 Å². The summed E-state index contributed by atoms with van der Waals surface area (Å²) in [6.07, 6.45) is 0.149. The molecule has 1 amide bonds. The summed E-state index contributed by atoms with van der Waals surface area (Å²) in [4.78, 5) is 23.0. The summed E-state index contributed by atoms with van der Waals surface area (Å²) in [6, 6.07) is 13.3. The topological polar surface area (TPSA) is 93.5 Å². The fourth-order valence-corrected chi connectivity index (χ4v) is 4.10. The average molecular weight is 430 g/mol. The molecule has 0 fully saturated rings. The maximum atomic E-state index is 12.5. The first kappa shape index (κ1) is 23.7. The standard InChI is InChI=1S/C22H31N3O4Si/c1-22(2,3)20(29-30(4)5)15-23-14-16-10-12-17(13-11-16)21(26)24-18-8-6-7-9-19(18)25(27)28/h6-13,20,23,30H,14-15H2,1-5H3,(H,24,26). The molecule has 0 bridgehead atoms. The van der Waals surface area contributed by atoms with Gasteiger partial charge in [0.25, 0.3) is 11.6 Å². The molecule has 7 nitrogen and oxygen atoms in total. The number of nitrogens with one attached hydrogen (secondary N) is 2. The lowest BCUT2D eigenvalue weighted by molar-refractivity contribution is -0.383. The first-order valence-electron chi connectivity index (χ1n) is 10.1. The molecule has 2 aromatic rings. The number of nitro groups is 1. The van der Waals surface area contributed by atoms with E-state index in [4.69, 9.17) is 4.43 Å². The van der Waals surface area contributed by atoms with Crippen molar-refractivity contribution in [2.24, 2.45) is 5.41 Å². The number of anilines is 1. The first-order chi connectivity index (χ1) is 14.1. The lowest BCUT2D eigenvalue weighted by atomic mass is 9.89. The lowest BCUT2D eigenvalue weighted by Crippen LogP contribution is -2.41. The van der Waals surface area contributed by atoms with Crippen molar-refractivity contribution in [2.75, 3.05) is 11.9 Å². The molecule has 0 radical (unpaired) electrons. The summed E-state index contributed by atoms with van der Waals surface area (Å²) in [5, 5.41) is 17.1. The minimum absolute atomic E-state index is 0.0618. The number of hydrogen-bond acceptors (Lipinski definition) is 5. The molecule has 0 aromatic heterocycles. The van der Waals surface area contributed by atoms with E-state index in [1.165, 1.54) is 12.1 Å². The summed E-state index contributed by atoms with van der Waals surface area (Å²) in [5.74, 6) is -0.383. The summed E-state index contributed by atoms with van der Waals surface area (Å²) < 4.78 is 6.16. The summed E-state index contributed by atoms with van der Waals surface area (Å²) in [7, 11) is -1.13. The molecule has 0 aliphatic rings. The van der Waals surface area contributed by atoms with Crippen LogP contribution in [-0.4, -0.2) is 32.5 Å². The molecule has 2 N–H and O–H groups in total. The van der Waals surface area contributed by atoms with Crippen LogP contribution in [0.2, 0.25) is 13.1 Å². The molecule has 1 unspecified atom stereocenters. The van der Waals surface area contributed by atoms with Gasteiger partial charge in [0.1, 0.15) is 5.69 Å². The van der Waals surface area contributed by atoms with Gasteiger partial charge in [-0.3, -0.25) is 14.9 Å². The van der Waals surface area contributed by atoms with Crippen molar-refractivity contribution in [1.82, 2.24) is 5.32 Å². The first-order valence-corrected chi connectivity index (χ1v) is 12.9. The Bertz CT molecular complexity index is 863. The molecule has 0 saturated heterocycles. The van der Waals surface area contributed by atoms with Crippen LogP contribution >= 0.6 is 0 Å². The molecule has 0 saturated carbocycles. The fourth-order valence-electron chi connectivity index (χ4n) is 2.94. The minimum Gasteiger partial charge on any atom is -0.416 e. The Kier molecular flexibility index (Phi) is 8.28. The fraction of sp³-hybridized carbons (Fsp3) is 0.409. The Morgan fingerprint density at radius 2 is 1.77 bits per heavy atom. The lowest BCUT2D eigenvalue weighted by Gasteiger charge is -2.33. The van der Waals surface area contributed by atoms with Crippen LogP contribution in [0.3, 0.4) is 0 Å². The smallest absolute Gasteiger partial charge is 0.292 e. The van der Waals surface area contributed by atoms with Gasteiger partial charge in [-0.15, -0.1) is 0 Å². The van der Waals surface area contributed by atoms with Crippen molar-refractivity contribution in [3.8, 4) is 0 Å². The second-order valence-electron chi connectivity index (χ2n) is 8.60. The van der Waals surface area contributed by atoms with Crippen LogP contribution in [0.25, 0.3) is 0 Å². The Labute approximate surface area is 179 Å². The van der Waals surface area contributed by atoms with Crippen LogP contribution in [0, 0.1) is 15.5 Å². The van der Waals surface area contributed by atoms with Crippen molar-refractivity contribution in [2.45, 2.75) is 46.5 Å². The van der Waals surface area contributed by atoms with Crippen LogP contribution in [0.5, 0.6) is 0 Å². The van der Waals surface area contributed by atoms with Crippen molar-refractivity contribution < 1.29 is 14.1 Å². The van der Waals surface area contributed by atoms with Crippen LogP contribution in [0.15, 0.2) is 48.5 Å². The number of hydrogen-bond donors (Lipinski definition) is 2. The van der Waals surface area contributed by atoms with E-state index < -0.39 is 14.0 Å². The van der Waals surface area contributed by atoms with Gasteiger partial charge in [-0.25, -0.2) is 0 Å². The van der Waals surface area contributed by atoms with Crippen molar-refractivity contribution in [3.05, 3.63) is 69.8 Å². The average Bonchev–Trinajstić information content (AvgIpc) is 2.67. The van der Waals surface area contributed by atoms with Crippen LogP contribution < -0.4 is 10.6 Å². The highest BCUT2D eigenvalue weighted by Crippen LogP contribution is 2.24. The largest absolute Gasteiger partial charge is 0.416 e. The van der Waals surface area contributed by atoms with Gasteiger partial charge in [0.05, 0.1) is 11.0 Å². The predicted octanol–water partition coefficient (Wildman–Crippen LogP) is 4.35. The van der Waals surface area contributed by atoms with Gasteiger partial charge in [-0.05, 0) is 42.3 Å². The predicted molar refractivity (Wildman–Crippen MR) is 122 cm³/mol. The zero-order valence-corrected chi connectivity index (χ0v) is 19.4. The van der Waals surface area contributed by atoms with E-state index in [9.17, 15) is 14.9 Å². The van der Waals surface area contributed by atoms with Crippen LogP contribution in [0.4, 0.5) is 11.4 Å². The summed E-state index contributed by atoms with van der Waals surface area (Å²) in [5.41, 5.74) is 1.60. The molecule has 2 aromatic carbocycles. The Morgan fingerprint density at radius 1 is 1.13 bits per heavy atom. The molecule has 162 valence electrons. The maximum absolute atomic E-state index is 12.5. The van der Waals surface area contributed by atoms with Crippen molar-refractivity contribution in [1.29, 1.82) is 0 Å². The van der Waals surface area contributed by atoms with E-state index >= 15 is 0 Å². The zero-order chi connectivity index (χ0) is 22.3. The molecule has 0 aliphatic carbocycles. The van der Waals surface area contributed by atoms with E-state index in [2.05, 4.69) is 44.5 Å². The van der Waals surface area contributed by atoms with E-state index in [-0.39, 0.29) is 28.8 Å². The molecular weight excluding hydrogens is 398 g/mol. The molecule has 0 heterocycles. The molecule has 0 aliphatic heterocycles. The summed E-state index contributed by atoms with van der Waals surface area (Å²) in [6.45, 7) is 12.3. The summed E-state index contributed by atoms with van der Waals surface area (Å²) >= 11 is 0. The highest BCUT2D eigenvalue weighted by Gasteiger charge is 2.25. The van der Waals surface area contributed by atoms with Gasteiger partial charge >= 0.3 is 0 Å². The van der Waals surface area contributed by atoms with Gasteiger partial charge in [-0.2, -0.15) is 0 Å². The highest BCUT2D eigenvalue weighted by molar-refractivity contribution is 6.48. The van der Waals surface area contributed by atoms with Crippen LogP contribution in [0.1, 0.15) is 36.7 Å². The van der Waals surface area contributed by atoms with Crippen molar-refractivity contribution >= 4 is 26.3 Å². The number of carbonyl (C=O) groups excluding carboxylic acids is 1. The monoisotopic (exact) mass is 429 g/mol. The van der Waals surface area contributed by atoms with Gasteiger partial charge < -0.3 is 15.1 Å². The Hall–Kier alpha value is -2.55. The third kappa shape index (κ3) is 7.05. The number of amides is 1.